The van der Waals surface area contributed by atoms with Crippen LogP contribution in [-0.4, -0.2) is 11.3 Å². The van der Waals surface area contributed by atoms with Gasteiger partial charge in [-0.05, 0) is 29.1 Å². The average molecular weight is 377 g/mol. The maximum absolute atomic E-state index is 13.2. The van der Waals surface area contributed by atoms with Crippen molar-refractivity contribution < 1.29 is 23.0 Å². The van der Waals surface area contributed by atoms with Crippen molar-refractivity contribution in [3.63, 3.8) is 0 Å². The third kappa shape index (κ3) is 4.52. The molecule has 1 aliphatic heterocycles. The van der Waals surface area contributed by atoms with Crippen LogP contribution in [0.4, 0.5) is 13.2 Å². The number of hydrogen-bond donors (Lipinski definition) is 2. The van der Waals surface area contributed by atoms with E-state index in [1.54, 1.807) is 18.2 Å². The van der Waals surface area contributed by atoms with Gasteiger partial charge in [-0.1, -0.05) is 50.3 Å². The monoisotopic (exact) mass is 377 g/mol. The van der Waals surface area contributed by atoms with Gasteiger partial charge in [0.05, 0.1) is 6.26 Å². The van der Waals surface area contributed by atoms with E-state index in [9.17, 15) is 18.3 Å². The molecule has 0 saturated heterocycles. The second kappa shape index (κ2) is 8.77. The summed E-state index contributed by atoms with van der Waals surface area (Å²) in [5, 5.41) is 12.3. The SMILES string of the molecule is CC.N/C=C\C=C(/CC1=COc2ccc3ccccc3c2C1O)C(F)(F)F. The van der Waals surface area contributed by atoms with Gasteiger partial charge in [0, 0.05) is 23.1 Å². The Kier molecular flexibility index (Phi) is 6.69. The highest BCUT2D eigenvalue weighted by Crippen LogP contribution is 2.43. The summed E-state index contributed by atoms with van der Waals surface area (Å²) in [6, 6.07) is 10.9. The topological polar surface area (TPSA) is 55.5 Å². The zero-order chi connectivity index (χ0) is 20.0. The molecule has 1 aliphatic rings. The number of aliphatic hydroxyl groups excluding tert-OH is 1. The molecule has 144 valence electrons. The number of nitrogens with two attached hydrogens (primary N) is 1. The van der Waals surface area contributed by atoms with Crippen molar-refractivity contribution in [2.75, 3.05) is 0 Å². The Bertz CT molecular complexity index is 883. The molecule has 3 N–H and O–H groups in total. The summed E-state index contributed by atoms with van der Waals surface area (Å²) in [6.45, 7) is 4.00. The van der Waals surface area contributed by atoms with Crippen molar-refractivity contribution in [3.8, 4) is 5.75 Å². The predicted molar refractivity (Wildman–Crippen MR) is 101 cm³/mol. The number of rotatable bonds is 3. The van der Waals surface area contributed by atoms with E-state index < -0.39 is 24.3 Å². The third-order valence-electron chi connectivity index (χ3n) is 4.06. The number of benzene rings is 2. The summed E-state index contributed by atoms with van der Waals surface area (Å²) in [6.07, 6.45) is -1.97. The van der Waals surface area contributed by atoms with Gasteiger partial charge in [0.15, 0.2) is 0 Å². The molecule has 27 heavy (non-hydrogen) atoms. The lowest BCUT2D eigenvalue weighted by molar-refractivity contribution is -0.0935. The first-order chi connectivity index (χ1) is 12.9. The molecular formula is C21H22F3NO2. The van der Waals surface area contributed by atoms with Gasteiger partial charge in [-0.2, -0.15) is 13.2 Å². The standard InChI is InChI=1S/C19H16F3NO2.C2H6/c20-19(21,22)14(5-3-9-23)10-13-11-25-16-8-7-12-4-1-2-6-15(12)17(16)18(13)24;1-2/h1-9,11,18,24H,10,23H2;1-2H3/b9-3-,14-5+;. The van der Waals surface area contributed by atoms with E-state index in [0.29, 0.717) is 11.3 Å². The fourth-order valence-electron chi connectivity index (χ4n) is 2.83. The molecule has 0 amide bonds. The fraction of sp³-hybridized carbons (Fsp3) is 0.238. The summed E-state index contributed by atoms with van der Waals surface area (Å²) < 4.78 is 45.0. The normalized spacial score (nSPS) is 17.0. The number of hydrogen-bond acceptors (Lipinski definition) is 3. The van der Waals surface area contributed by atoms with Crippen LogP contribution in [0.15, 0.2) is 72.2 Å². The molecule has 0 spiro atoms. The van der Waals surface area contributed by atoms with Crippen LogP contribution in [0.25, 0.3) is 10.8 Å². The quantitative estimate of drug-likeness (QED) is 0.692. The van der Waals surface area contributed by atoms with Gasteiger partial charge in [0.2, 0.25) is 0 Å². The molecular weight excluding hydrogens is 355 g/mol. The molecule has 0 bridgehead atoms. The summed E-state index contributed by atoms with van der Waals surface area (Å²) in [4.78, 5) is 0. The minimum atomic E-state index is -4.53. The highest BCUT2D eigenvalue weighted by molar-refractivity contribution is 5.88. The van der Waals surface area contributed by atoms with Crippen molar-refractivity contribution in [1.82, 2.24) is 0 Å². The Morgan fingerprint density at radius 3 is 2.56 bits per heavy atom. The van der Waals surface area contributed by atoms with Gasteiger partial charge >= 0.3 is 6.18 Å². The summed E-state index contributed by atoms with van der Waals surface area (Å²) >= 11 is 0. The van der Waals surface area contributed by atoms with Crippen LogP contribution in [0.5, 0.6) is 5.75 Å². The van der Waals surface area contributed by atoms with Gasteiger partial charge in [-0.25, -0.2) is 0 Å². The first-order valence-corrected chi connectivity index (χ1v) is 8.61. The van der Waals surface area contributed by atoms with Crippen LogP contribution in [0.2, 0.25) is 0 Å². The highest BCUT2D eigenvalue weighted by Gasteiger charge is 2.36. The van der Waals surface area contributed by atoms with E-state index >= 15 is 0 Å². The first-order valence-electron chi connectivity index (χ1n) is 8.61. The number of halogens is 3. The Balaban J connectivity index is 0.00000126. The van der Waals surface area contributed by atoms with E-state index in [2.05, 4.69) is 0 Å². The van der Waals surface area contributed by atoms with Crippen molar-refractivity contribution in [3.05, 3.63) is 77.7 Å². The van der Waals surface area contributed by atoms with Gasteiger partial charge in [-0.3, -0.25) is 0 Å². The first kappa shape index (κ1) is 20.6. The van der Waals surface area contributed by atoms with Crippen LogP contribution in [0.3, 0.4) is 0 Å². The molecule has 0 aliphatic carbocycles. The molecule has 3 nitrogen and oxygen atoms in total. The number of allylic oxidation sites excluding steroid dienone is 3. The minimum Gasteiger partial charge on any atom is -0.465 e. The van der Waals surface area contributed by atoms with Crippen molar-refractivity contribution in [2.45, 2.75) is 32.5 Å². The molecule has 0 aromatic heterocycles. The fourth-order valence-corrected chi connectivity index (χ4v) is 2.83. The summed E-state index contributed by atoms with van der Waals surface area (Å²) in [5.74, 6) is 0.439. The van der Waals surface area contributed by atoms with Crippen molar-refractivity contribution in [1.29, 1.82) is 0 Å². The van der Waals surface area contributed by atoms with E-state index in [-0.39, 0.29) is 5.57 Å². The predicted octanol–water partition coefficient (Wildman–Crippen LogP) is 5.53. The Hall–Kier alpha value is -2.73. The molecule has 6 heteroatoms. The van der Waals surface area contributed by atoms with Gasteiger partial charge in [0.25, 0.3) is 0 Å². The van der Waals surface area contributed by atoms with Gasteiger partial charge in [-0.15, -0.1) is 0 Å². The van der Waals surface area contributed by atoms with Crippen LogP contribution >= 0.6 is 0 Å². The third-order valence-corrected chi connectivity index (χ3v) is 4.06. The Morgan fingerprint density at radius 1 is 1.19 bits per heavy atom. The Labute approximate surface area is 156 Å². The van der Waals surface area contributed by atoms with Crippen LogP contribution in [0.1, 0.15) is 31.9 Å². The minimum absolute atomic E-state index is 0.137. The maximum Gasteiger partial charge on any atom is 0.413 e. The molecule has 1 heterocycles. The molecule has 2 aromatic rings. The number of fused-ring (bicyclic) bond motifs is 3. The maximum atomic E-state index is 13.2. The molecule has 1 atom stereocenters. The smallest absolute Gasteiger partial charge is 0.413 e. The Morgan fingerprint density at radius 2 is 1.89 bits per heavy atom. The lowest BCUT2D eigenvalue weighted by Gasteiger charge is -2.25. The van der Waals surface area contributed by atoms with Gasteiger partial charge in [0.1, 0.15) is 11.9 Å². The lowest BCUT2D eigenvalue weighted by atomic mass is 9.90. The molecule has 3 rings (SSSR count). The summed E-state index contributed by atoms with van der Waals surface area (Å²) in [5.41, 5.74) is 4.93. The number of aliphatic hydroxyl groups is 1. The molecule has 1 unspecified atom stereocenters. The van der Waals surface area contributed by atoms with E-state index in [0.717, 1.165) is 29.1 Å². The van der Waals surface area contributed by atoms with Crippen molar-refractivity contribution >= 4 is 10.8 Å². The highest BCUT2D eigenvalue weighted by atomic mass is 19.4. The van der Waals surface area contributed by atoms with Crippen LogP contribution in [0, 0.1) is 0 Å². The largest absolute Gasteiger partial charge is 0.465 e. The zero-order valence-electron chi connectivity index (χ0n) is 15.1. The molecule has 2 aromatic carbocycles. The van der Waals surface area contributed by atoms with E-state index in [1.807, 2.05) is 32.0 Å². The number of ether oxygens (including phenoxy) is 1. The summed E-state index contributed by atoms with van der Waals surface area (Å²) in [7, 11) is 0. The second-order valence-electron chi connectivity index (χ2n) is 5.66. The van der Waals surface area contributed by atoms with E-state index in [1.165, 1.54) is 6.26 Å². The van der Waals surface area contributed by atoms with Crippen LogP contribution in [-0.2, 0) is 0 Å². The van der Waals surface area contributed by atoms with Crippen molar-refractivity contribution in [2.24, 2.45) is 5.73 Å². The zero-order valence-corrected chi connectivity index (χ0v) is 15.1. The molecule has 0 radical (unpaired) electrons. The van der Waals surface area contributed by atoms with E-state index in [4.69, 9.17) is 10.5 Å². The van der Waals surface area contributed by atoms with Gasteiger partial charge < -0.3 is 15.6 Å². The number of alkyl halides is 3. The second-order valence-corrected chi connectivity index (χ2v) is 5.66. The molecule has 0 fully saturated rings. The van der Waals surface area contributed by atoms with Crippen LogP contribution < -0.4 is 10.5 Å². The lowest BCUT2D eigenvalue weighted by Crippen LogP contribution is -2.17. The molecule has 0 saturated carbocycles. The average Bonchev–Trinajstić information content (AvgIpc) is 2.67.